The number of nitrogens with zero attached hydrogens (tertiary/aromatic N) is 1. The van der Waals surface area contributed by atoms with Gasteiger partial charge in [0.15, 0.2) is 11.7 Å². The van der Waals surface area contributed by atoms with Gasteiger partial charge < -0.3 is 10.1 Å². The number of ether oxygens (including phenoxy) is 1. The van der Waals surface area contributed by atoms with Crippen molar-refractivity contribution in [2.24, 2.45) is 5.92 Å². The monoisotopic (exact) mass is 364 g/mol. The second kappa shape index (κ2) is 9.54. The van der Waals surface area contributed by atoms with Crippen LogP contribution in [0.15, 0.2) is 42.5 Å². The normalized spacial score (nSPS) is 11.3. The fourth-order valence-corrected chi connectivity index (χ4v) is 2.86. The Bertz CT molecular complexity index is 868. The van der Waals surface area contributed by atoms with Crippen LogP contribution in [0.4, 0.5) is 5.69 Å². The van der Waals surface area contributed by atoms with Crippen LogP contribution in [0.5, 0.6) is 5.75 Å². The number of hydrogen-bond donors (Lipinski definition) is 1. The fraction of sp³-hybridized carbons (Fsp3) is 0.318. The number of anilines is 1. The van der Waals surface area contributed by atoms with Gasteiger partial charge in [-0.1, -0.05) is 35.9 Å². The largest absolute Gasteiger partial charge is 0.492 e. The van der Waals surface area contributed by atoms with Crippen molar-refractivity contribution < 1.29 is 14.3 Å². The van der Waals surface area contributed by atoms with Crippen molar-refractivity contribution in [3.05, 3.63) is 59.2 Å². The van der Waals surface area contributed by atoms with Gasteiger partial charge in [-0.2, -0.15) is 5.26 Å². The van der Waals surface area contributed by atoms with Gasteiger partial charge in [-0.15, -0.1) is 0 Å². The first-order chi connectivity index (χ1) is 13.0. The first kappa shape index (κ1) is 20.2. The number of ketones is 1. The van der Waals surface area contributed by atoms with Crippen LogP contribution >= 0.6 is 0 Å². The first-order valence-electron chi connectivity index (χ1n) is 8.97. The zero-order valence-electron chi connectivity index (χ0n) is 15.9. The van der Waals surface area contributed by atoms with Gasteiger partial charge in [0.2, 0.25) is 5.91 Å². The van der Waals surface area contributed by atoms with Crippen molar-refractivity contribution in [1.29, 1.82) is 5.26 Å². The van der Waals surface area contributed by atoms with Crippen LogP contribution in [-0.4, -0.2) is 18.3 Å². The third kappa shape index (κ3) is 5.42. The summed E-state index contributed by atoms with van der Waals surface area (Å²) in [6.07, 6.45) is 0.647. The number of nitrogens with one attached hydrogen (secondary N) is 1. The van der Waals surface area contributed by atoms with Crippen molar-refractivity contribution >= 4 is 17.4 Å². The molecule has 0 saturated heterocycles. The molecule has 2 aromatic carbocycles. The molecule has 0 spiro atoms. The average Bonchev–Trinajstić information content (AvgIpc) is 2.63. The van der Waals surface area contributed by atoms with E-state index in [1.807, 2.05) is 39.0 Å². The Morgan fingerprint density at radius 2 is 1.93 bits per heavy atom. The van der Waals surface area contributed by atoms with E-state index in [0.717, 1.165) is 16.7 Å². The summed E-state index contributed by atoms with van der Waals surface area (Å²) in [5, 5.41) is 12.0. The summed E-state index contributed by atoms with van der Waals surface area (Å²) in [5.41, 5.74) is 3.76. The van der Waals surface area contributed by atoms with Crippen LogP contribution < -0.4 is 10.1 Å². The van der Waals surface area contributed by atoms with Crippen molar-refractivity contribution in [2.45, 2.75) is 33.6 Å². The maximum absolute atomic E-state index is 12.5. The van der Waals surface area contributed by atoms with Gasteiger partial charge >= 0.3 is 0 Å². The minimum Gasteiger partial charge on any atom is -0.492 e. The molecule has 0 fully saturated rings. The smallest absolute Gasteiger partial charge is 0.249 e. The Morgan fingerprint density at radius 3 is 2.59 bits per heavy atom. The van der Waals surface area contributed by atoms with Crippen LogP contribution in [0.3, 0.4) is 0 Å². The van der Waals surface area contributed by atoms with E-state index in [2.05, 4.69) is 11.4 Å². The summed E-state index contributed by atoms with van der Waals surface area (Å²) >= 11 is 0. The third-order valence-corrected chi connectivity index (χ3v) is 4.30. The molecule has 0 saturated carbocycles. The zero-order chi connectivity index (χ0) is 19.8. The molecule has 1 N–H and O–H groups in total. The number of hydrogen-bond acceptors (Lipinski definition) is 4. The van der Waals surface area contributed by atoms with Gasteiger partial charge in [0.05, 0.1) is 18.4 Å². The topological polar surface area (TPSA) is 79.2 Å². The number of benzene rings is 2. The second-order valence-electron chi connectivity index (χ2n) is 6.38. The fourth-order valence-electron chi connectivity index (χ4n) is 2.86. The molecule has 1 atom stereocenters. The van der Waals surface area contributed by atoms with Crippen LogP contribution in [0, 0.1) is 31.1 Å². The van der Waals surface area contributed by atoms with E-state index in [9.17, 15) is 14.9 Å². The Kier molecular flexibility index (Phi) is 7.13. The van der Waals surface area contributed by atoms with Gasteiger partial charge in [0.25, 0.3) is 0 Å². The molecule has 2 rings (SSSR count). The van der Waals surface area contributed by atoms with E-state index >= 15 is 0 Å². The van der Waals surface area contributed by atoms with Gasteiger partial charge in [-0.05, 0) is 50.5 Å². The number of rotatable bonds is 8. The highest BCUT2D eigenvalue weighted by atomic mass is 16.5. The molecule has 0 radical (unpaired) electrons. The minimum atomic E-state index is -1.34. The predicted molar refractivity (Wildman–Crippen MR) is 105 cm³/mol. The van der Waals surface area contributed by atoms with Crippen LogP contribution in [0.2, 0.25) is 0 Å². The zero-order valence-corrected chi connectivity index (χ0v) is 15.9. The molecule has 1 unspecified atom stereocenters. The van der Waals surface area contributed by atoms with E-state index in [1.54, 1.807) is 24.3 Å². The molecule has 0 aliphatic rings. The maximum Gasteiger partial charge on any atom is 0.249 e. The molecule has 0 heterocycles. The second-order valence-corrected chi connectivity index (χ2v) is 6.38. The van der Waals surface area contributed by atoms with Gasteiger partial charge in [0, 0.05) is 6.42 Å². The number of amides is 1. The molecular weight excluding hydrogens is 340 g/mol. The van der Waals surface area contributed by atoms with E-state index in [0.29, 0.717) is 24.5 Å². The quantitative estimate of drug-likeness (QED) is 0.719. The molecule has 0 bridgehead atoms. The first-order valence-corrected chi connectivity index (χ1v) is 8.97. The molecule has 2 aromatic rings. The highest BCUT2D eigenvalue weighted by molar-refractivity contribution is 6.09. The van der Waals surface area contributed by atoms with Crippen molar-refractivity contribution in [3.63, 3.8) is 0 Å². The lowest BCUT2D eigenvalue weighted by Crippen LogP contribution is -2.29. The van der Waals surface area contributed by atoms with Gasteiger partial charge in [-0.3, -0.25) is 9.59 Å². The molecule has 0 aromatic heterocycles. The molecule has 140 valence electrons. The van der Waals surface area contributed by atoms with E-state index < -0.39 is 11.8 Å². The molecule has 5 nitrogen and oxygen atoms in total. The number of carbonyl (C=O) groups is 2. The van der Waals surface area contributed by atoms with Crippen LogP contribution in [-0.2, 0) is 16.0 Å². The molecule has 27 heavy (non-hydrogen) atoms. The number of Topliss-reactive ketones (excluding diaryl/α,β-unsaturated/α-hetero) is 1. The standard InChI is InChI=1S/C22H24N2O3/c1-4-27-21-8-6-5-7-19(21)24-22(26)18(14-23)20(25)12-11-17-10-9-15(2)13-16(17)3/h5-10,13,18H,4,11-12H2,1-3H3,(H,24,26). The minimum absolute atomic E-state index is 0.142. The summed E-state index contributed by atoms with van der Waals surface area (Å²) in [6, 6.07) is 14.8. The SMILES string of the molecule is CCOc1ccccc1NC(=O)C(C#N)C(=O)CCc1ccc(C)cc1C. The number of carbonyl (C=O) groups excluding carboxylic acids is 2. The predicted octanol–water partition coefficient (Wildman–Crippen LogP) is 3.98. The molecule has 0 aliphatic heterocycles. The summed E-state index contributed by atoms with van der Waals surface area (Å²) in [6.45, 7) is 6.29. The van der Waals surface area contributed by atoms with E-state index in [4.69, 9.17) is 4.74 Å². The van der Waals surface area contributed by atoms with E-state index in [1.165, 1.54) is 0 Å². The maximum atomic E-state index is 12.5. The summed E-state index contributed by atoms with van der Waals surface area (Å²) in [5.74, 6) is -1.85. The lowest BCUT2D eigenvalue weighted by molar-refractivity contribution is -0.128. The number of aryl methyl sites for hydroxylation is 3. The van der Waals surface area contributed by atoms with Crippen molar-refractivity contribution in [1.82, 2.24) is 0 Å². The average molecular weight is 364 g/mol. The number of nitriles is 1. The van der Waals surface area contributed by atoms with Crippen molar-refractivity contribution in [3.8, 4) is 11.8 Å². The highest BCUT2D eigenvalue weighted by Crippen LogP contribution is 2.24. The Morgan fingerprint density at radius 1 is 1.19 bits per heavy atom. The Hall–Kier alpha value is -3.13. The summed E-state index contributed by atoms with van der Waals surface area (Å²) < 4.78 is 5.46. The summed E-state index contributed by atoms with van der Waals surface area (Å²) in [7, 11) is 0. The van der Waals surface area contributed by atoms with Crippen LogP contribution in [0.1, 0.15) is 30.0 Å². The lowest BCUT2D eigenvalue weighted by Gasteiger charge is -2.13. The van der Waals surface area contributed by atoms with Crippen LogP contribution in [0.25, 0.3) is 0 Å². The summed E-state index contributed by atoms with van der Waals surface area (Å²) in [4.78, 5) is 24.9. The molecule has 5 heteroatoms. The molecular formula is C22H24N2O3. The molecule has 0 aliphatic carbocycles. The van der Waals surface area contributed by atoms with Crippen molar-refractivity contribution in [2.75, 3.05) is 11.9 Å². The Labute approximate surface area is 160 Å². The highest BCUT2D eigenvalue weighted by Gasteiger charge is 2.26. The molecule has 1 amide bonds. The van der Waals surface area contributed by atoms with E-state index in [-0.39, 0.29) is 12.2 Å². The number of para-hydroxylation sites is 2. The third-order valence-electron chi connectivity index (χ3n) is 4.30. The van der Waals surface area contributed by atoms with Gasteiger partial charge in [-0.25, -0.2) is 0 Å². The lowest BCUT2D eigenvalue weighted by atomic mass is 9.95. The van der Waals surface area contributed by atoms with Gasteiger partial charge in [0.1, 0.15) is 5.75 Å². The Balaban J connectivity index is 2.04.